The molecule has 1 aromatic heterocycles. The molecule has 0 spiro atoms. The Hall–Kier alpha value is -1.68. The Labute approximate surface area is 108 Å². The number of hydrogen-bond acceptors (Lipinski definition) is 3. The fraction of sp³-hybridized carbons (Fsp3) is 0.0769. The molecule has 1 aromatic carbocycles. The molecule has 0 fully saturated rings. The highest BCUT2D eigenvalue weighted by atomic mass is 79.9. The standard InChI is InChI=1S/C13H10BrNO2/c1-17-13(16)10-7-5-9(6-8-10)11-3-2-4-12(14)15-11/h2-8H,1H3. The number of carbonyl (C=O) groups excluding carboxylic acids is 1. The number of halogens is 1. The molecule has 0 radical (unpaired) electrons. The molecular formula is C13H10BrNO2. The molecule has 17 heavy (non-hydrogen) atoms. The van der Waals surface area contributed by atoms with Crippen molar-refractivity contribution in [3.63, 3.8) is 0 Å². The predicted octanol–water partition coefficient (Wildman–Crippen LogP) is 3.30. The van der Waals surface area contributed by atoms with Gasteiger partial charge in [-0.3, -0.25) is 0 Å². The van der Waals surface area contributed by atoms with Gasteiger partial charge in [-0.2, -0.15) is 0 Å². The van der Waals surface area contributed by atoms with E-state index in [0.717, 1.165) is 15.9 Å². The topological polar surface area (TPSA) is 39.2 Å². The number of hydrogen-bond donors (Lipinski definition) is 0. The summed E-state index contributed by atoms with van der Waals surface area (Å²) in [6, 6.07) is 12.8. The molecule has 3 nitrogen and oxygen atoms in total. The molecule has 2 rings (SSSR count). The fourth-order valence-electron chi connectivity index (χ4n) is 1.46. The summed E-state index contributed by atoms with van der Waals surface area (Å²) < 4.78 is 5.42. The lowest BCUT2D eigenvalue weighted by Crippen LogP contribution is -2.00. The van der Waals surface area contributed by atoms with Crippen LogP contribution in [0.3, 0.4) is 0 Å². The Morgan fingerprint density at radius 2 is 1.88 bits per heavy atom. The van der Waals surface area contributed by atoms with Crippen LogP contribution in [0.2, 0.25) is 0 Å². The van der Waals surface area contributed by atoms with Crippen LogP contribution >= 0.6 is 15.9 Å². The Bertz CT molecular complexity index is 537. The third-order valence-corrected chi connectivity index (χ3v) is 2.76. The third-order valence-electron chi connectivity index (χ3n) is 2.32. The van der Waals surface area contributed by atoms with Crippen molar-refractivity contribution in [1.29, 1.82) is 0 Å². The van der Waals surface area contributed by atoms with Crippen molar-refractivity contribution in [3.8, 4) is 11.3 Å². The molecular weight excluding hydrogens is 282 g/mol. The second kappa shape index (κ2) is 5.10. The van der Waals surface area contributed by atoms with Gasteiger partial charge in [-0.05, 0) is 40.2 Å². The van der Waals surface area contributed by atoms with Gasteiger partial charge in [-0.15, -0.1) is 0 Å². The second-order valence-electron chi connectivity index (χ2n) is 3.41. The molecule has 1 heterocycles. The van der Waals surface area contributed by atoms with E-state index in [9.17, 15) is 4.79 Å². The van der Waals surface area contributed by atoms with Gasteiger partial charge in [0.25, 0.3) is 0 Å². The summed E-state index contributed by atoms with van der Waals surface area (Å²) >= 11 is 3.32. The molecule has 86 valence electrons. The van der Waals surface area contributed by atoms with Gasteiger partial charge >= 0.3 is 5.97 Å². The summed E-state index contributed by atoms with van der Waals surface area (Å²) in [6.07, 6.45) is 0. The first-order valence-electron chi connectivity index (χ1n) is 5.02. The first-order valence-corrected chi connectivity index (χ1v) is 5.81. The van der Waals surface area contributed by atoms with Gasteiger partial charge in [0.1, 0.15) is 4.60 Å². The van der Waals surface area contributed by atoms with Gasteiger partial charge in [-0.1, -0.05) is 18.2 Å². The second-order valence-corrected chi connectivity index (χ2v) is 4.23. The van der Waals surface area contributed by atoms with Gasteiger partial charge < -0.3 is 4.74 Å². The molecule has 0 unspecified atom stereocenters. The molecule has 0 amide bonds. The van der Waals surface area contributed by atoms with Crippen LogP contribution in [0.25, 0.3) is 11.3 Å². The van der Waals surface area contributed by atoms with E-state index in [2.05, 4.69) is 25.7 Å². The summed E-state index contributed by atoms with van der Waals surface area (Å²) in [4.78, 5) is 15.6. The van der Waals surface area contributed by atoms with Crippen LogP contribution in [-0.4, -0.2) is 18.1 Å². The van der Waals surface area contributed by atoms with Crippen molar-refractivity contribution < 1.29 is 9.53 Å². The lowest BCUT2D eigenvalue weighted by molar-refractivity contribution is 0.0601. The average Bonchev–Trinajstić information content (AvgIpc) is 2.38. The minimum Gasteiger partial charge on any atom is -0.465 e. The summed E-state index contributed by atoms with van der Waals surface area (Å²) in [7, 11) is 1.37. The lowest BCUT2D eigenvalue weighted by Gasteiger charge is -2.03. The Morgan fingerprint density at radius 3 is 2.47 bits per heavy atom. The Morgan fingerprint density at radius 1 is 1.18 bits per heavy atom. The van der Waals surface area contributed by atoms with Crippen LogP contribution in [0, 0.1) is 0 Å². The third kappa shape index (κ3) is 2.71. The van der Waals surface area contributed by atoms with Crippen LogP contribution in [0.5, 0.6) is 0 Å². The van der Waals surface area contributed by atoms with Crippen LogP contribution in [0.1, 0.15) is 10.4 Å². The van der Waals surface area contributed by atoms with Crippen molar-refractivity contribution in [2.75, 3.05) is 7.11 Å². The number of aromatic nitrogens is 1. The number of methoxy groups -OCH3 is 1. The van der Waals surface area contributed by atoms with E-state index in [0.29, 0.717) is 5.56 Å². The largest absolute Gasteiger partial charge is 0.465 e. The number of esters is 1. The Balaban J connectivity index is 2.32. The van der Waals surface area contributed by atoms with Gasteiger partial charge in [0.05, 0.1) is 18.4 Å². The van der Waals surface area contributed by atoms with Crippen molar-refractivity contribution in [2.45, 2.75) is 0 Å². The molecule has 0 atom stereocenters. The number of carbonyl (C=O) groups is 1. The SMILES string of the molecule is COC(=O)c1ccc(-c2cccc(Br)n2)cc1. The zero-order chi connectivity index (χ0) is 12.3. The molecule has 0 bridgehead atoms. The molecule has 0 aliphatic rings. The number of benzene rings is 1. The normalized spacial score (nSPS) is 10.0. The molecule has 0 aliphatic carbocycles. The van der Waals surface area contributed by atoms with E-state index in [-0.39, 0.29) is 5.97 Å². The highest BCUT2D eigenvalue weighted by Crippen LogP contribution is 2.19. The smallest absolute Gasteiger partial charge is 0.337 e. The van der Waals surface area contributed by atoms with Gasteiger partial charge in [0.15, 0.2) is 0 Å². The Kier molecular flexibility index (Phi) is 3.54. The van der Waals surface area contributed by atoms with E-state index < -0.39 is 0 Å². The van der Waals surface area contributed by atoms with Crippen molar-refractivity contribution in [3.05, 3.63) is 52.6 Å². The monoisotopic (exact) mass is 291 g/mol. The zero-order valence-corrected chi connectivity index (χ0v) is 10.8. The maximum Gasteiger partial charge on any atom is 0.337 e. The van der Waals surface area contributed by atoms with Crippen molar-refractivity contribution in [2.24, 2.45) is 0 Å². The molecule has 2 aromatic rings. The maximum atomic E-state index is 11.3. The van der Waals surface area contributed by atoms with E-state index in [4.69, 9.17) is 0 Å². The van der Waals surface area contributed by atoms with Crippen LogP contribution in [-0.2, 0) is 4.74 Å². The first kappa shape index (κ1) is 11.8. The highest BCUT2D eigenvalue weighted by molar-refractivity contribution is 9.10. The van der Waals surface area contributed by atoms with E-state index in [1.54, 1.807) is 12.1 Å². The zero-order valence-electron chi connectivity index (χ0n) is 9.18. The van der Waals surface area contributed by atoms with Crippen molar-refractivity contribution in [1.82, 2.24) is 4.98 Å². The van der Waals surface area contributed by atoms with Gasteiger partial charge in [-0.25, -0.2) is 9.78 Å². The molecule has 0 saturated heterocycles. The van der Waals surface area contributed by atoms with E-state index in [1.807, 2.05) is 30.3 Å². The molecule has 0 saturated carbocycles. The molecule has 0 aliphatic heterocycles. The summed E-state index contributed by atoms with van der Waals surface area (Å²) in [5, 5.41) is 0. The van der Waals surface area contributed by atoms with Crippen LogP contribution in [0.4, 0.5) is 0 Å². The maximum absolute atomic E-state index is 11.3. The van der Waals surface area contributed by atoms with Gasteiger partial charge in [0, 0.05) is 5.56 Å². The van der Waals surface area contributed by atoms with Crippen molar-refractivity contribution >= 4 is 21.9 Å². The predicted molar refractivity (Wildman–Crippen MR) is 68.7 cm³/mol. The fourth-order valence-corrected chi connectivity index (χ4v) is 1.81. The quantitative estimate of drug-likeness (QED) is 0.629. The molecule has 4 heteroatoms. The summed E-state index contributed by atoms with van der Waals surface area (Å²) in [5.74, 6) is -0.334. The van der Waals surface area contributed by atoms with Crippen LogP contribution in [0.15, 0.2) is 47.1 Å². The van der Waals surface area contributed by atoms with Gasteiger partial charge in [0.2, 0.25) is 0 Å². The first-order chi connectivity index (χ1) is 8.20. The highest BCUT2D eigenvalue weighted by Gasteiger charge is 2.05. The number of nitrogens with zero attached hydrogens (tertiary/aromatic N) is 1. The minimum atomic E-state index is -0.334. The molecule has 0 N–H and O–H groups in total. The number of ether oxygens (including phenoxy) is 1. The lowest BCUT2D eigenvalue weighted by atomic mass is 10.1. The summed E-state index contributed by atoms with van der Waals surface area (Å²) in [5.41, 5.74) is 2.35. The summed E-state index contributed by atoms with van der Waals surface area (Å²) in [6.45, 7) is 0. The number of pyridine rings is 1. The van der Waals surface area contributed by atoms with E-state index in [1.165, 1.54) is 7.11 Å². The number of rotatable bonds is 2. The average molecular weight is 292 g/mol. The minimum absolute atomic E-state index is 0.334. The van der Waals surface area contributed by atoms with Crippen LogP contribution < -0.4 is 0 Å². The van der Waals surface area contributed by atoms with E-state index >= 15 is 0 Å².